The molecule has 0 heterocycles. The zero-order valence-corrected chi connectivity index (χ0v) is 13.2. The molecule has 0 aliphatic carbocycles. The first kappa shape index (κ1) is 16.3. The number of rotatable bonds is 5. The lowest BCUT2D eigenvalue weighted by atomic mass is 10.1. The fourth-order valence-corrected chi connectivity index (χ4v) is 2.22. The van der Waals surface area contributed by atoms with Crippen molar-refractivity contribution in [3.05, 3.63) is 58.4 Å². The summed E-state index contributed by atoms with van der Waals surface area (Å²) in [5, 5.41) is 3.15. The molecule has 2 rings (SSSR count). The van der Waals surface area contributed by atoms with Crippen LogP contribution in [0, 0.1) is 12.7 Å². The van der Waals surface area contributed by atoms with Crippen LogP contribution in [0.25, 0.3) is 0 Å². The number of carbonyl (C=O) groups is 1. The van der Waals surface area contributed by atoms with E-state index in [1.165, 1.54) is 12.1 Å². The third-order valence-corrected chi connectivity index (χ3v) is 3.54. The van der Waals surface area contributed by atoms with Crippen molar-refractivity contribution in [2.75, 3.05) is 11.9 Å². The summed E-state index contributed by atoms with van der Waals surface area (Å²) in [6, 6.07) is 9.84. The summed E-state index contributed by atoms with van der Waals surface area (Å²) in [6.45, 7) is 3.57. The van der Waals surface area contributed by atoms with Gasteiger partial charge >= 0.3 is 0 Å². The number of aryl methyl sites for hydroxylation is 2. The molecule has 1 amide bonds. The fourth-order valence-electron chi connectivity index (χ4n) is 1.97. The predicted molar refractivity (Wildman–Crippen MR) is 86.1 cm³/mol. The van der Waals surface area contributed by atoms with Gasteiger partial charge in [0.2, 0.25) is 0 Å². The Balaban J connectivity index is 1.95. The number of hydrogen-bond acceptors (Lipinski definition) is 2. The molecule has 0 unspecified atom stereocenters. The minimum atomic E-state index is -0.465. The van der Waals surface area contributed by atoms with Crippen LogP contribution in [0.4, 0.5) is 10.1 Å². The summed E-state index contributed by atoms with van der Waals surface area (Å²) in [4.78, 5) is 11.8. The highest BCUT2D eigenvalue weighted by Crippen LogP contribution is 2.22. The Morgan fingerprint density at radius 1 is 1.27 bits per heavy atom. The van der Waals surface area contributed by atoms with Crippen molar-refractivity contribution in [2.24, 2.45) is 0 Å². The minimum absolute atomic E-state index is 0.143. The molecule has 0 saturated carbocycles. The van der Waals surface area contributed by atoms with E-state index < -0.39 is 11.7 Å². The molecule has 5 heteroatoms. The predicted octanol–water partition coefficient (Wildman–Crippen LogP) is 4.37. The van der Waals surface area contributed by atoms with Gasteiger partial charge in [0.05, 0.1) is 5.69 Å². The molecular formula is C17H17ClFNO2. The Kier molecular flexibility index (Phi) is 5.39. The number of amides is 1. The summed E-state index contributed by atoms with van der Waals surface area (Å²) in [5.41, 5.74) is 1.88. The molecule has 0 aliphatic rings. The van der Waals surface area contributed by atoms with Gasteiger partial charge in [0.15, 0.2) is 6.61 Å². The van der Waals surface area contributed by atoms with Gasteiger partial charge in [-0.15, -0.1) is 0 Å². The lowest BCUT2D eigenvalue weighted by Gasteiger charge is -2.10. The van der Waals surface area contributed by atoms with E-state index in [-0.39, 0.29) is 12.3 Å². The van der Waals surface area contributed by atoms with Gasteiger partial charge in [-0.3, -0.25) is 4.79 Å². The summed E-state index contributed by atoms with van der Waals surface area (Å²) in [6.07, 6.45) is 0.775. The molecule has 0 atom stereocenters. The largest absolute Gasteiger partial charge is 0.484 e. The van der Waals surface area contributed by atoms with E-state index in [1.807, 2.05) is 6.92 Å². The highest BCUT2D eigenvalue weighted by molar-refractivity contribution is 6.31. The number of carbonyl (C=O) groups excluding carboxylic acids is 1. The maximum absolute atomic E-state index is 13.6. The molecule has 22 heavy (non-hydrogen) atoms. The van der Waals surface area contributed by atoms with E-state index in [1.54, 1.807) is 31.2 Å². The van der Waals surface area contributed by atoms with Gasteiger partial charge in [0.1, 0.15) is 11.6 Å². The van der Waals surface area contributed by atoms with Crippen molar-refractivity contribution in [2.45, 2.75) is 20.3 Å². The van der Waals surface area contributed by atoms with Crippen molar-refractivity contribution >= 4 is 23.2 Å². The number of anilines is 1. The SMILES string of the molecule is CCc1cc(OCC(=O)Nc2ccc(C)cc2F)ccc1Cl. The first-order chi connectivity index (χ1) is 10.5. The topological polar surface area (TPSA) is 38.3 Å². The van der Waals surface area contributed by atoms with Crippen LogP contribution in [-0.2, 0) is 11.2 Å². The number of hydrogen-bond donors (Lipinski definition) is 1. The van der Waals surface area contributed by atoms with Crippen LogP contribution in [-0.4, -0.2) is 12.5 Å². The van der Waals surface area contributed by atoms with E-state index in [0.29, 0.717) is 10.8 Å². The van der Waals surface area contributed by atoms with Gasteiger partial charge in [0, 0.05) is 5.02 Å². The Morgan fingerprint density at radius 3 is 2.73 bits per heavy atom. The van der Waals surface area contributed by atoms with Crippen LogP contribution in [0.2, 0.25) is 5.02 Å². The summed E-state index contributed by atoms with van der Waals surface area (Å²) >= 11 is 6.02. The van der Waals surface area contributed by atoms with E-state index in [9.17, 15) is 9.18 Å². The average molecular weight is 322 g/mol. The zero-order valence-electron chi connectivity index (χ0n) is 12.5. The first-order valence-electron chi connectivity index (χ1n) is 6.97. The molecule has 116 valence electrons. The van der Waals surface area contributed by atoms with Crippen LogP contribution >= 0.6 is 11.6 Å². The molecule has 2 aromatic rings. The summed E-state index contributed by atoms with van der Waals surface area (Å²) in [7, 11) is 0. The second-order valence-electron chi connectivity index (χ2n) is 4.93. The van der Waals surface area contributed by atoms with Crippen LogP contribution in [0.15, 0.2) is 36.4 Å². The number of ether oxygens (including phenoxy) is 1. The van der Waals surface area contributed by atoms with E-state index in [0.717, 1.165) is 17.5 Å². The monoisotopic (exact) mass is 321 g/mol. The molecule has 0 fully saturated rings. The number of nitrogens with one attached hydrogen (secondary N) is 1. The van der Waals surface area contributed by atoms with Crippen LogP contribution < -0.4 is 10.1 Å². The molecule has 1 N–H and O–H groups in total. The Labute approximate surface area is 134 Å². The number of halogens is 2. The summed E-state index contributed by atoms with van der Waals surface area (Å²) < 4.78 is 19.1. The van der Waals surface area contributed by atoms with Crippen LogP contribution in [0.3, 0.4) is 0 Å². The molecule has 0 aliphatic heterocycles. The minimum Gasteiger partial charge on any atom is -0.484 e. The Bertz CT molecular complexity index is 688. The van der Waals surface area contributed by atoms with Crippen molar-refractivity contribution < 1.29 is 13.9 Å². The second kappa shape index (κ2) is 7.27. The first-order valence-corrected chi connectivity index (χ1v) is 7.34. The smallest absolute Gasteiger partial charge is 0.262 e. The quantitative estimate of drug-likeness (QED) is 0.888. The van der Waals surface area contributed by atoms with Gasteiger partial charge in [-0.2, -0.15) is 0 Å². The van der Waals surface area contributed by atoms with Gasteiger partial charge in [-0.1, -0.05) is 24.6 Å². The molecular weight excluding hydrogens is 305 g/mol. The van der Waals surface area contributed by atoms with Gasteiger partial charge in [-0.25, -0.2) is 4.39 Å². The zero-order chi connectivity index (χ0) is 16.1. The normalized spacial score (nSPS) is 10.4. The maximum atomic E-state index is 13.6. The van der Waals surface area contributed by atoms with Gasteiger partial charge < -0.3 is 10.1 Å². The molecule has 2 aromatic carbocycles. The van der Waals surface area contributed by atoms with Crippen molar-refractivity contribution in [3.63, 3.8) is 0 Å². The van der Waals surface area contributed by atoms with E-state index in [2.05, 4.69) is 5.32 Å². The molecule has 0 aromatic heterocycles. The highest BCUT2D eigenvalue weighted by atomic mass is 35.5. The fraction of sp³-hybridized carbons (Fsp3) is 0.235. The van der Waals surface area contributed by atoms with Gasteiger partial charge in [-0.05, 0) is 54.8 Å². The Morgan fingerprint density at radius 2 is 2.05 bits per heavy atom. The molecule has 0 spiro atoms. The molecule has 3 nitrogen and oxygen atoms in total. The van der Waals surface area contributed by atoms with Crippen LogP contribution in [0.1, 0.15) is 18.1 Å². The van der Waals surface area contributed by atoms with E-state index >= 15 is 0 Å². The third kappa shape index (κ3) is 4.21. The van der Waals surface area contributed by atoms with Gasteiger partial charge in [0.25, 0.3) is 5.91 Å². The standard InChI is InChI=1S/C17H17ClFNO2/c1-3-12-9-13(5-6-14(12)18)22-10-17(21)20-16-7-4-11(2)8-15(16)19/h4-9H,3,10H2,1-2H3,(H,20,21). The molecule has 0 radical (unpaired) electrons. The van der Waals surface area contributed by atoms with Crippen molar-refractivity contribution in [1.29, 1.82) is 0 Å². The molecule has 0 saturated heterocycles. The Hall–Kier alpha value is -2.07. The lowest BCUT2D eigenvalue weighted by Crippen LogP contribution is -2.20. The number of benzene rings is 2. The van der Waals surface area contributed by atoms with Crippen LogP contribution in [0.5, 0.6) is 5.75 Å². The van der Waals surface area contributed by atoms with E-state index in [4.69, 9.17) is 16.3 Å². The molecule has 0 bridgehead atoms. The summed E-state index contributed by atoms with van der Waals surface area (Å²) in [5.74, 6) is -0.329. The van der Waals surface area contributed by atoms with Crippen molar-refractivity contribution in [3.8, 4) is 5.75 Å². The van der Waals surface area contributed by atoms with Crippen molar-refractivity contribution in [1.82, 2.24) is 0 Å². The highest BCUT2D eigenvalue weighted by Gasteiger charge is 2.08. The third-order valence-electron chi connectivity index (χ3n) is 3.17. The lowest BCUT2D eigenvalue weighted by molar-refractivity contribution is -0.118. The maximum Gasteiger partial charge on any atom is 0.262 e. The average Bonchev–Trinajstić information content (AvgIpc) is 2.49. The second-order valence-corrected chi connectivity index (χ2v) is 5.33.